The van der Waals surface area contributed by atoms with Crippen LogP contribution in [-0.2, 0) is 14.9 Å². The van der Waals surface area contributed by atoms with Gasteiger partial charge in [0, 0.05) is 26.2 Å². The Hall–Kier alpha value is -0.700. The van der Waals surface area contributed by atoms with Crippen molar-refractivity contribution in [1.82, 2.24) is 10.2 Å². The molecule has 0 radical (unpaired) electrons. The lowest BCUT2D eigenvalue weighted by molar-refractivity contribution is -0.140. The molecule has 1 saturated heterocycles. The summed E-state index contributed by atoms with van der Waals surface area (Å²) in [5.41, 5.74) is 0. The fraction of sp³-hybridized carbons (Fsp3) is 0.857. The molecule has 15 heavy (non-hydrogen) atoms. The van der Waals surface area contributed by atoms with E-state index in [1.54, 1.807) is 4.90 Å². The molecule has 1 atom stereocenters. The summed E-state index contributed by atoms with van der Waals surface area (Å²) in [5.74, 6) is -1.31. The first kappa shape index (κ1) is 12.4. The Labute approximate surface area is 87.8 Å². The monoisotopic (exact) mass is 238 g/mol. The number of carboxylic acids is 1. The molecule has 0 amide bonds. The average Bonchev–Trinajstić information content (AvgIpc) is 2.14. The molecule has 7 nitrogen and oxygen atoms in total. The molecule has 88 valence electrons. The van der Waals surface area contributed by atoms with Crippen LogP contribution < -0.4 is 5.32 Å². The van der Waals surface area contributed by atoms with Gasteiger partial charge in [-0.3, -0.25) is 14.2 Å². The van der Waals surface area contributed by atoms with Crippen LogP contribution in [0.15, 0.2) is 0 Å². The molecule has 0 aromatic heterocycles. The molecule has 1 aliphatic rings. The summed E-state index contributed by atoms with van der Waals surface area (Å²) in [6, 6.07) is -0.667. The van der Waals surface area contributed by atoms with Crippen LogP contribution >= 0.6 is 0 Å². The third-order valence-corrected chi connectivity index (χ3v) is 2.92. The van der Waals surface area contributed by atoms with Crippen molar-refractivity contribution in [2.24, 2.45) is 0 Å². The number of nitrogens with one attached hydrogen (secondary N) is 1. The molecule has 0 aromatic carbocycles. The molecule has 8 heteroatoms. The topological polar surface area (TPSA) is 107 Å². The van der Waals surface area contributed by atoms with Crippen LogP contribution in [0.2, 0.25) is 0 Å². The third kappa shape index (κ3) is 4.56. The SMILES string of the molecule is O=C(O)C1CN(CCS(=O)(=O)O)CCN1. The molecule has 1 fully saturated rings. The molecule has 1 rings (SSSR count). The van der Waals surface area contributed by atoms with Gasteiger partial charge in [0.1, 0.15) is 6.04 Å². The molecular formula is C7H14N2O5S. The van der Waals surface area contributed by atoms with E-state index < -0.39 is 22.1 Å². The van der Waals surface area contributed by atoms with Crippen LogP contribution in [0.1, 0.15) is 0 Å². The van der Waals surface area contributed by atoms with Gasteiger partial charge in [-0.15, -0.1) is 0 Å². The summed E-state index contributed by atoms with van der Waals surface area (Å²) in [6.45, 7) is 1.50. The van der Waals surface area contributed by atoms with Crippen molar-refractivity contribution in [3.05, 3.63) is 0 Å². The second kappa shape index (κ2) is 4.88. The first-order valence-corrected chi connectivity index (χ1v) is 6.13. The van der Waals surface area contributed by atoms with Gasteiger partial charge in [0.25, 0.3) is 10.1 Å². The average molecular weight is 238 g/mol. The fourth-order valence-corrected chi connectivity index (χ4v) is 1.91. The molecule has 0 aliphatic carbocycles. The molecule has 1 unspecified atom stereocenters. The number of nitrogens with zero attached hydrogens (tertiary/aromatic N) is 1. The Morgan fingerprint density at radius 2 is 2.20 bits per heavy atom. The van der Waals surface area contributed by atoms with E-state index in [0.717, 1.165) is 0 Å². The number of piperazine rings is 1. The second-order valence-electron chi connectivity index (χ2n) is 3.43. The van der Waals surface area contributed by atoms with E-state index in [0.29, 0.717) is 13.1 Å². The number of carboxylic acid groups (broad SMARTS) is 1. The van der Waals surface area contributed by atoms with Gasteiger partial charge in [-0.2, -0.15) is 8.42 Å². The van der Waals surface area contributed by atoms with Crippen LogP contribution in [0, 0.1) is 0 Å². The predicted octanol–water partition coefficient (Wildman–Crippen LogP) is -1.77. The van der Waals surface area contributed by atoms with Crippen LogP contribution in [0.4, 0.5) is 0 Å². The second-order valence-corrected chi connectivity index (χ2v) is 5.00. The van der Waals surface area contributed by atoms with Crippen LogP contribution in [0.25, 0.3) is 0 Å². The Morgan fingerprint density at radius 1 is 1.53 bits per heavy atom. The fourth-order valence-electron chi connectivity index (χ4n) is 1.42. The summed E-state index contributed by atoms with van der Waals surface area (Å²) in [7, 11) is -3.97. The molecule has 0 aromatic rings. The van der Waals surface area contributed by atoms with Crippen molar-refractivity contribution in [2.45, 2.75) is 6.04 Å². The molecule has 1 aliphatic heterocycles. The van der Waals surface area contributed by atoms with Crippen molar-refractivity contribution < 1.29 is 22.9 Å². The van der Waals surface area contributed by atoms with Crippen molar-refractivity contribution in [1.29, 1.82) is 0 Å². The highest BCUT2D eigenvalue weighted by Crippen LogP contribution is 1.99. The molecule has 0 bridgehead atoms. The Kier molecular flexibility index (Phi) is 4.03. The van der Waals surface area contributed by atoms with Gasteiger partial charge >= 0.3 is 5.97 Å². The molecule has 1 heterocycles. The van der Waals surface area contributed by atoms with E-state index in [-0.39, 0.29) is 18.8 Å². The van der Waals surface area contributed by atoms with Crippen LogP contribution in [0.5, 0.6) is 0 Å². The van der Waals surface area contributed by atoms with Crippen molar-refractivity contribution in [3.63, 3.8) is 0 Å². The summed E-state index contributed by atoms with van der Waals surface area (Å²) >= 11 is 0. The largest absolute Gasteiger partial charge is 0.480 e. The maximum Gasteiger partial charge on any atom is 0.322 e. The van der Waals surface area contributed by atoms with Crippen molar-refractivity contribution in [3.8, 4) is 0 Å². The zero-order chi connectivity index (χ0) is 11.5. The minimum absolute atomic E-state index is 0.157. The van der Waals surface area contributed by atoms with Crippen LogP contribution in [0.3, 0.4) is 0 Å². The van der Waals surface area contributed by atoms with E-state index in [1.807, 2.05) is 0 Å². The van der Waals surface area contributed by atoms with Gasteiger partial charge in [-0.25, -0.2) is 0 Å². The molecule has 0 saturated carbocycles. The molecule has 0 spiro atoms. The Morgan fingerprint density at radius 3 is 2.73 bits per heavy atom. The Bertz CT molecular complexity index is 328. The summed E-state index contributed by atoms with van der Waals surface area (Å²) in [4.78, 5) is 12.3. The maximum atomic E-state index is 10.6. The van der Waals surface area contributed by atoms with Gasteiger partial charge in [0.15, 0.2) is 0 Å². The number of aliphatic carboxylic acids is 1. The van der Waals surface area contributed by atoms with E-state index in [2.05, 4.69) is 5.32 Å². The quantitative estimate of drug-likeness (QED) is 0.498. The number of hydrogen-bond acceptors (Lipinski definition) is 5. The van der Waals surface area contributed by atoms with Gasteiger partial charge in [-0.1, -0.05) is 0 Å². The number of rotatable bonds is 4. The number of carbonyl (C=O) groups is 1. The van der Waals surface area contributed by atoms with Crippen LogP contribution in [-0.4, -0.2) is 66.9 Å². The van der Waals surface area contributed by atoms with Gasteiger partial charge in [0.05, 0.1) is 5.75 Å². The van der Waals surface area contributed by atoms with E-state index in [9.17, 15) is 13.2 Å². The Balaban J connectivity index is 2.40. The van der Waals surface area contributed by atoms with Gasteiger partial charge < -0.3 is 10.4 Å². The first-order valence-electron chi connectivity index (χ1n) is 4.52. The highest BCUT2D eigenvalue weighted by molar-refractivity contribution is 7.85. The van der Waals surface area contributed by atoms with E-state index in [1.165, 1.54) is 0 Å². The lowest BCUT2D eigenvalue weighted by Crippen LogP contribution is -2.54. The highest BCUT2D eigenvalue weighted by atomic mass is 32.2. The van der Waals surface area contributed by atoms with Gasteiger partial charge in [0.2, 0.25) is 0 Å². The maximum absolute atomic E-state index is 10.6. The minimum Gasteiger partial charge on any atom is -0.480 e. The zero-order valence-corrected chi connectivity index (χ0v) is 8.90. The van der Waals surface area contributed by atoms with Crippen molar-refractivity contribution >= 4 is 16.1 Å². The summed E-state index contributed by atoms with van der Waals surface area (Å²) in [6.07, 6.45) is 0. The van der Waals surface area contributed by atoms with E-state index >= 15 is 0 Å². The lowest BCUT2D eigenvalue weighted by atomic mass is 10.2. The number of hydrogen-bond donors (Lipinski definition) is 3. The third-order valence-electron chi connectivity index (χ3n) is 2.22. The standard InChI is InChI=1S/C7H14N2O5S/c10-7(11)6-5-9(2-1-8-6)3-4-15(12,13)14/h6,8H,1-5H2,(H,10,11)(H,12,13,14). The minimum atomic E-state index is -3.97. The molecular weight excluding hydrogens is 224 g/mol. The van der Waals surface area contributed by atoms with Crippen molar-refractivity contribution in [2.75, 3.05) is 31.9 Å². The smallest absolute Gasteiger partial charge is 0.322 e. The van der Waals surface area contributed by atoms with Gasteiger partial charge in [-0.05, 0) is 0 Å². The van der Waals surface area contributed by atoms with E-state index in [4.69, 9.17) is 9.66 Å². The molecule has 3 N–H and O–H groups in total. The normalized spacial score (nSPS) is 23.9. The first-order chi connectivity index (χ1) is 6.88. The summed E-state index contributed by atoms with van der Waals surface area (Å²) in [5, 5.41) is 11.5. The zero-order valence-electron chi connectivity index (χ0n) is 8.09. The predicted molar refractivity (Wildman–Crippen MR) is 52.3 cm³/mol. The summed E-state index contributed by atoms with van der Waals surface area (Å²) < 4.78 is 29.5. The lowest BCUT2D eigenvalue weighted by Gasteiger charge is -2.30. The highest BCUT2D eigenvalue weighted by Gasteiger charge is 2.25.